The van der Waals surface area contributed by atoms with Crippen molar-refractivity contribution in [3.05, 3.63) is 52.9 Å². The fraction of sp³-hybridized carbons (Fsp3) is 0.353. The SMILES string of the molecule is Cc1c(Cl)cccc1NC(=S)N(Cc1ccco1)[C@H]1CCS(=O)(=O)C1. The van der Waals surface area contributed by atoms with Crippen LogP contribution in [0.4, 0.5) is 5.69 Å². The Kier molecular flexibility index (Phi) is 5.36. The number of nitrogens with one attached hydrogen (secondary N) is 1. The van der Waals surface area contributed by atoms with Crippen molar-refractivity contribution in [3.8, 4) is 0 Å². The summed E-state index contributed by atoms with van der Waals surface area (Å²) in [5.74, 6) is 1.02. The van der Waals surface area contributed by atoms with Crippen LogP contribution in [0.3, 0.4) is 0 Å². The molecule has 1 aromatic carbocycles. The molecule has 25 heavy (non-hydrogen) atoms. The van der Waals surface area contributed by atoms with E-state index in [1.54, 1.807) is 12.3 Å². The minimum atomic E-state index is -3.02. The molecular formula is C17H19ClN2O3S2. The number of furan rings is 1. The van der Waals surface area contributed by atoms with Gasteiger partial charge in [0.15, 0.2) is 14.9 Å². The van der Waals surface area contributed by atoms with Crippen molar-refractivity contribution in [1.82, 2.24) is 4.90 Å². The van der Waals surface area contributed by atoms with E-state index < -0.39 is 9.84 Å². The predicted octanol–water partition coefficient (Wildman–Crippen LogP) is 3.63. The molecule has 0 amide bonds. The smallest absolute Gasteiger partial charge is 0.174 e. The van der Waals surface area contributed by atoms with Crippen LogP contribution in [0, 0.1) is 6.92 Å². The highest BCUT2D eigenvalue weighted by Gasteiger charge is 2.34. The highest BCUT2D eigenvalue weighted by Crippen LogP contribution is 2.25. The average Bonchev–Trinajstić information content (AvgIpc) is 3.18. The molecular weight excluding hydrogens is 380 g/mol. The van der Waals surface area contributed by atoms with Crippen molar-refractivity contribution < 1.29 is 12.8 Å². The summed E-state index contributed by atoms with van der Waals surface area (Å²) in [6, 6.07) is 9.03. The number of nitrogens with zero attached hydrogens (tertiary/aromatic N) is 1. The summed E-state index contributed by atoms with van der Waals surface area (Å²) >= 11 is 11.7. The Morgan fingerprint density at radius 1 is 1.40 bits per heavy atom. The zero-order chi connectivity index (χ0) is 18.0. The van der Waals surface area contributed by atoms with Gasteiger partial charge in [-0.1, -0.05) is 17.7 Å². The van der Waals surface area contributed by atoms with Crippen LogP contribution in [0.1, 0.15) is 17.7 Å². The molecule has 1 atom stereocenters. The van der Waals surface area contributed by atoms with E-state index in [1.165, 1.54) is 0 Å². The van der Waals surface area contributed by atoms with Crippen LogP contribution in [0.15, 0.2) is 41.0 Å². The number of benzene rings is 1. The van der Waals surface area contributed by atoms with E-state index >= 15 is 0 Å². The van der Waals surface area contributed by atoms with E-state index in [9.17, 15) is 8.42 Å². The van der Waals surface area contributed by atoms with E-state index in [0.717, 1.165) is 17.0 Å². The van der Waals surface area contributed by atoms with Crippen LogP contribution in [0.2, 0.25) is 5.02 Å². The third-order valence-corrected chi connectivity index (χ3v) is 6.82. The Labute approximate surface area is 157 Å². The fourth-order valence-electron chi connectivity index (χ4n) is 2.89. The molecule has 5 nitrogen and oxygen atoms in total. The first-order valence-corrected chi connectivity index (χ1v) is 10.5. The van der Waals surface area contributed by atoms with Crippen molar-refractivity contribution in [2.75, 3.05) is 16.8 Å². The normalized spacial score (nSPS) is 18.9. The molecule has 1 aromatic heterocycles. The van der Waals surface area contributed by atoms with Crippen molar-refractivity contribution in [2.24, 2.45) is 0 Å². The minimum absolute atomic E-state index is 0.101. The molecule has 1 fully saturated rings. The van der Waals surface area contributed by atoms with Crippen LogP contribution in [0.5, 0.6) is 0 Å². The van der Waals surface area contributed by atoms with Gasteiger partial charge in [0.2, 0.25) is 0 Å². The molecule has 0 saturated carbocycles. The Balaban J connectivity index is 1.83. The van der Waals surface area contributed by atoms with Gasteiger partial charge in [0.25, 0.3) is 0 Å². The molecule has 2 heterocycles. The average molecular weight is 399 g/mol. The number of sulfone groups is 1. The fourth-order valence-corrected chi connectivity index (χ4v) is 5.12. The topological polar surface area (TPSA) is 62.6 Å². The number of thiocarbonyl (C=S) groups is 1. The zero-order valence-electron chi connectivity index (χ0n) is 13.7. The van der Waals surface area contributed by atoms with Crippen LogP contribution >= 0.6 is 23.8 Å². The summed E-state index contributed by atoms with van der Waals surface area (Å²) in [7, 11) is -3.02. The summed E-state index contributed by atoms with van der Waals surface area (Å²) in [4.78, 5) is 1.89. The Bertz CT molecular complexity index is 866. The maximum absolute atomic E-state index is 11.9. The molecule has 0 spiro atoms. The van der Waals surface area contributed by atoms with Gasteiger partial charge in [0, 0.05) is 16.8 Å². The maximum Gasteiger partial charge on any atom is 0.174 e. The lowest BCUT2D eigenvalue weighted by molar-refractivity contribution is 0.302. The van der Waals surface area contributed by atoms with Gasteiger partial charge in [0.1, 0.15) is 5.76 Å². The lowest BCUT2D eigenvalue weighted by Crippen LogP contribution is -2.43. The molecule has 0 radical (unpaired) electrons. The standard InChI is InChI=1S/C17H19ClN2O3S2/c1-12-15(18)5-2-6-16(12)19-17(24)20(10-14-4-3-8-23-14)13-7-9-25(21,22)11-13/h2-6,8,13H,7,9-11H2,1H3,(H,19,24)/t13-/m0/s1. The van der Waals surface area contributed by atoms with E-state index in [-0.39, 0.29) is 17.5 Å². The van der Waals surface area contributed by atoms with Crippen LogP contribution in [-0.4, -0.2) is 36.0 Å². The van der Waals surface area contributed by atoms with Gasteiger partial charge in [-0.2, -0.15) is 0 Å². The first-order valence-electron chi connectivity index (χ1n) is 7.91. The van der Waals surface area contributed by atoms with Gasteiger partial charge in [-0.3, -0.25) is 0 Å². The highest BCUT2D eigenvalue weighted by atomic mass is 35.5. The number of rotatable bonds is 4. The molecule has 3 rings (SSSR count). The highest BCUT2D eigenvalue weighted by molar-refractivity contribution is 7.91. The molecule has 1 aliphatic rings. The van der Waals surface area contributed by atoms with Gasteiger partial charge in [-0.05, 0) is 55.4 Å². The molecule has 0 aliphatic carbocycles. The summed E-state index contributed by atoms with van der Waals surface area (Å²) in [6.45, 7) is 2.32. The predicted molar refractivity (Wildman–Crippen MR) is 104 cm³/mol. The van der Waals surface area contributed by atoms with Crippen molar-refractivity contribution in [1.29, 1.82) is 0 Å². The Hall–Kier alpha value is -1.57. The van der Waals surface area contributed by atoms with Gasteiger partial charge >= 0.3 is 0 Å². The van der Waals surface area contributed by atoms with Crippen LogP contribution in [0.25, 0.3) is 0 Å². The third kappa shape index (κ3) is 4.34. The van der Waals surface area contributed by atoms with Crippen LogP contribution < -0.4 is 5.32 Å². The molecule has 134 valence electrons. The lowest BCUT2D eigenvalue weighted by Gasteiger charge is -2.30. The summed E-state index contributed by atoms with van der Waals surface area (Å²) < 4.78 is 29.2. The Morgan fingerprint density at radius 3 is 2.84 bits per heavy atom. The molecule has 1 N–H and O–H groups in total. The molecule has 0 unspecified atom stereocenters. The van der Waals surface area contributed by atoms with Gasteiger partial charge in [-0.25, -0.2) is 8.42 Å². The number of hydrogen-bond donors (Lipinski definition) is 1. The second kappa shape index (κ2) is 7.35. The van der Waals surface area contributed by atoms with Crippen molar-refractivity contribution >= 4 is 44.5 Å². The van der Waals surface area contributed by atoms with Gasteiger partial charge in [-0.15, -0.1) is 0 Å². The summed E-state index contributed by atoms with van der Waals surface area (Å²) in [6.07, 6.45) is 2.15. The molecule has 1 saturated heterocycles. The first-order chi connectivity index (χ1) is 11.9. The zero-order valence-corrected chi connectivity index (χ0v) is 16.1. The van der Waals surface area contributed by atoms with E-state index in [1.807, 2.05) is 36.1 Å². The monoisotopic (exact) mass is 398 g/mol. The summed E-state index contributed by atoms with van der Waals surface area (Å²) in [5, 5.41) is 4.31. The largest absolute Gasteiger partial charge is 0.467 e. The number of halogens is 1. The summed E-state index contributed by atoms with van der Waals surface area (Å²) in [5.41, 5.74) is 1.70. The van der Waals surface area contributed by atoms with E-state index in [4.69, 9.17) is 28.2 Å². The first kappa shape index (κ1) is 18.2. The van der Waals surface area contributed by atoms with Crippen LogP contribution in [-0.2, 0) is 16.4 Å². The molecule has 2 aromatic rings. The maximum atomic E-state index is 11.9. The second-order valence-corrected chi connectivity index (χ2v) is 9.13. The van der Waals surface area contributed by atoms with E-state index in [0.29, 0.717) is 23.1 Å². The Morgan fingerprint density at radius 2 is 2.20 bits per heavy atom. The van der Waals surface area contributed by atoms with Gasteiger partial charge < -0.3 is 14.6 Å². The molecule has 1 aliphatic heterocycles. The minimum Gasteiger partial charge on any atom is -0.467 e. The van der Waals surface area contributed by atoms with Crippen molar-refractivity contribution in [3.63, 3.8) is 0 Å². The third-order valence-electron chi connectivity index (χ3n) is 4.33. The quantitative estimate of drug-likeness (QED) is 0.793. The molecule has 8 heteroatoms. The number of hydrogen-bond acceptors (Lipinski definition) is 4. The lowest BCUT2D eigenvalue weighted by atomic mass is 10.2. The van der Waals surface area contributed by atoms with E-state index in [2.05, 4.69) is 5.32 Å². The molecule has 0 bridgehead atoms. The van der Waals surface area contributed by atoms with Crippen molar-refractivity contribution in [2.45, 2.75) is 25.9 Å². The number of anilines is 1. The van der Waals surface area contributed by atoms with Gasteiger partial charge in [0.05, 0.1) is 24.3 Å². The second-order valence-electron chi connectivity index (χ2n) is 6.11.